The summed E-state index contributed by atoms with van der Waals surface area (Å²) >= 11 is 0. The Morgan fingerprint density at radius 2 is 1.88 bits per heavy atom. The second-order valence-electron chi connectivity index (χ2n) is 5.10. The summed E-state index contributed by atoms with van der Waals surface area (Å²) in [5.74, 6) is 0.0748. The summed E-state index contributed by atoms with van der Waals surface area (Å²) in [6.07, 6.45) is 2.22. The highest BCUT2D eigenvalue weighted by Crippen LogP contribution is 2.22. The third-order valence-electron chi connectivity index (χ3n) is 3.41. The summed E-state index contributed by atoms with van der Waals surface area (Å²) < 4.78 is 0. The molecule has 1 heterocycles. The summed E-state index contributed by atoms with van der Waals surface area (Å²) in [5.41, 5.74) is 8.46. The monoisotopic (exact) mass is 318 g/mol. The van der Waals surface area contributed by atoms with E-state index in [2.05, 4.69) is 15.3 Å². The van der Waals surface area contributed by atoms with Crippen LogP contribution in [0.4, 0.5) is 11.5 Å². The standard InChI is InChI=1S/C18H14N4O2/c19-18(24)14-5-2-6-15(8-14)22-17-9-16(20-11-21-17)13-4-1-3-12(7-13)10-23/h1-11H,(H2,19,24)(H,20,21,22). The van der Waals surface area contributed by atoms with Crippen LogP contribution in [0.15, 0.2) is 60.9 Å². The topological polar surface area (TPSA) is 98.0 Å². The van der Waals surface area contributed by atoms with Gasteiger partial charge in [0.15, 0.2) is 0 Å². The first-order chi connectivity index (χ1) is 11.7. The molecule has 6 nitrogen and oxygen atoms in total. The lowest BCUT2D eigenvalue weighted by molar-refractivity contribution is 0.1000. The maximum absolute atomic E-state index is 11.2. The first-order valence-electron chi connectivity index (χ1n) is 7.20. The third-order valence-corrected chi connectivity index (χ3v) is 3.41. The molecule has 0 aliphatic heterocycles. The van der Waals surface area contributed by atoms with E-state index in [0.717, 1.165) is 11.8 Å². The van der Waals surface area contributed by atoms with E-state index in [0.29, 0.717) is 28.3 Å². The zero-order chi connectivity index (χ0) is 16.9. The molecule has 3 N–H and O–H groups in total. The molecular formula is C18H14N4O2. The smallest absolute Gasteiger partial charge is 0.248 e. The van der Waals surface area contributed by atoms with Crippen LogP contribution in [-0.4, -0.2) is 22.2 Å². The van der Waals surface area contributed by atoms with Gasteiger partial charge in [-0.3, -0.25) is 9.59 Å². The predicted molar refractivity (Wildman–Crippen MR) is 91.1 cm³/mol. The number of nitrogens with zero attached hydrogens (tertiary/aromatic N) is 2. The number of hydrogen-bond acceptors (Lipinski definition) is 5. The van der Waals surface area contributed by atoms with Crippen LogP contribution >= 0.6 is 0 Å². The van der Waals surface area contributed by atoms with Crippen LogP contribution in [0.25, 0.3) is 11.3 Å². The molecule has 0 aliphatic rings. The first-order valence-corrected chi connectivity index (χ1v) is 7.20. The van der Waals surface area contributed by atoms with Gasteiger partial charge in [0.25, 0.3) is 0 Å². The summed E-state index contributed by atoms with van der Waals surface area (Å²) in [7, 11) is 0. The molecule has 0 saturated carbocycles. The van der Waals surface area contributed by atoms with Gasteiger partial charge < -0.3 is 11.1 Å². The Bertz CT molecular complexity index is 909. The van der Waals surface area contributed by atoms with E-state index in [4.69, 9.17) is 5.73 Å². The van der Waals surface area contributed by atoms with Gasteiger partial charge in [-0.2, -0.15) is 0 Å². The number of primary amides is 1. The average molecular weight is 318 g/mol. The predicted octanol–water partition coefficient (Wildman–Crippen LogP) is 2.80. The Labute approximate surface area is 138 Å². The number of nitrogens with two attached hydrogens (primary N) is 1. The number of hydrogen-bond donors (Lipinski definition) is 2. The molecule has 0 bridgehead atoms. The van der Waals surface area contributed by atoms with Gasteiger partial charge in [0.1, 0.15) is 18.4 Å². The van der Waals surface area contributed by atoms with E-state index >= 15 is 0 Å². The Morgan fingerprint density at radius 3 is 2.67 bits per heavy atom. The molecule has 0 unspecified atom stereocenters. The molecule has 3 aromatic rings. The number of nitrogens with one attached hydrogen (secondary N) is 1. The molecule has 0 atom stereocenters. The molecule has 3 rings (SSSR count). The SMILES string of the molecule is NC(=O)c1cccc(Nc2cc(-c3cccc(C=O)c3)ncn2)c1. The van der Waals surface area contributed by atoms with Crippen LogP contribution in [0.2, 0.25) is 0 Å². The Balaban J connectivity index is 1.89. The lowest BCUT2D eigenvalue weighted by atomic mass is 10.1. The number of aldehydes is 1. The summed E-state index contributed by atoms with van der Waals surface area (Å²) in [6.45, 7) is 0. The Hall–Kier alpha value is -3.54. The highest BCUT2D eigenvalue weighted by atomic mass is 16.1. The maximum atomic E-state index is 11.2. The van der Waals surface area contributed by atoms with Gasteiger partial charge in [0.2, 0.25) is 5.91 Å². The number of benzene rings is 2. The van der Waals surface area contributed by atoms with Gasteiger partial charge in [-0.05, 0) is 24.3 Å². The summed E-state index contributed by atoms with van der Waals surface area (Å²) in [4.78, 5) is 30.5. The fourth-order valence-electron chi connectivity index (χ4n) is 2.25. The minimum atomic E-state index is -0.493. The van der Waals surface area contributed by atoms with Crippen molar-refractivity contribution < 1.29 is 9.59 Å². The van der Waals surface area contributed by atoms with Crippen molar-refractivity contribution >= 4 is 23.7 Å². The highest BCUT2D eigenvalue weighted by molar-refractivity contribution is 5.93. The summed E-state index contributed by atoms with van der Waals surface area (Å²) in [6, 6.07) is 15.7. The maximum Gasteiger partial charge on any atom is 0.248 e. The van der Waals surface area contributed by atoms with Gasteiger partial charge in [-0.15, -0.1) is 0 Å². The number of anilines is 2. The van der Waals surface area contributed by atoms with E-state index in [1.54, 1.807) is 48.5 Å². The molecule has 0 radical (unpaired) electrons. The van der Waals surface area contributed by atoms with E-state index < -0.39 is 5.91 Å². The molecule has 1 aromatic heterocycles. The fraction of sp³-hybridized carbons (Fsp3) is 0. The Morgan fingerprint density at radius 1 is 1.04 bits per heavy atom. The fourth-order valence-corrected chi connectivity index (χ4v) is 2.25. The zero-order valence-corrected chi connectivity index (χ0v) is 12.6. The number of rotatable bonds is 5. The molecule has 0 spiro atoms. The van der Waals surface area contributed by atoms with Crippen molar-refractivity contribution in [2.24, 2.45) is 5.73 Å². The van der Waals surface area contributed by atoms with E-state index in [9.17, 15) is 9.59 Å². The number of amides is 1. The van der Waals surface area contributed by atoms with Crippen LogP contribution in [0, 0.1) is 0 Å². The van der Waals surface area contributed by atoms with Crippen LogP contribution in [0.3, 0.4) is 0 Å². The van der Waals surface area contributed by atoms with Crippen molar-refractivity contribution in [1.29, 1.82) is 0 Å². The van der Waals surface area contributed by atoms with E-state index in [1.807, 2.05) is 6.07 Å². The zero-order valence-electron chi connectivity index (χ0n) is 12.6. The molecule has 24 heavy (non-hydrogen) atoms. The molecule has 0 aliphatic carbocycles. The lowest BCUT2D eigenvalue weighted by Gasteiger charge is -2.08. The largest absolute Gasteiger partial charge is 0.366 e. The molecule has 118 valence electrons. The second-order valence-corrected chi connectivity index (χ2v) is 5.10. The van der Waals surface area contributed by atoms with Crippen molar-refractivity contribution in [3.05, 3.63) is 72.1 Å². The molecule has 0 saturated heterocycles. The van der Waals surface area contributed by atoms with Gasteiger partial charge in [-0.25, -0.2) is 9.97 Å². The van der Waals surface area contributed by atoms with Crippen LogP contribution in [-0.2, 0) is 0 Å². The quantitative estimate of drug-likeness (QED) is 0.705. The minimum absolute atomic E-state index is 0.410. The van der Waals surface area contributed by atoms with E-state index in [-0.39, 0.29) is 0 Å². The van der Waals surface area contributed by atoms with Crippen LogP contribution in [0.1, 0.15) is 20.7 Å². The summed E-state index contributed by atoms with van der Waals surface area (Å²) in [5, 5.41) is 3.11. The van der Waals surface area contributed by atoms with Crippen LogP contribution < -0.4 is 11.1 Å². The molecule has 6 heteroatoms. The van der Waals surface area contributed by atoms with Gasteiger partial charge in [0.05, 0.1) is 5.69 Å². The minimum Gasteiger partial charge on any atom is -0.366 e. The van der Waals surface area contributed by atoms with Crippen molar-refractivity contribution in [2.45, 2.75) is 0 Å². The molecule has 0 fully saturated rings. The second kappa shape index (κ2) is 6.70. The van der Waals surface area contributed by atoms with Crippen molar-refractivity contribution in [3.8, 4) is 11.3 Å². The van der Waals surface area contributed by atoms with Crippen LogP contribution in [0.5, 0.6) is 0 Å². The highest BCUT2D eigenvalue weighted by Gasteiger charge is 2.05. The third kappa shape index (κ3) is 3.44. The van der Waals surface area contributed by atoms with Crippen molar-refractivity contribution in [2.75, 3.05) is 5.32 Å². The van der Waals surface area contributed by atoms with Crippen molar-refractivity contribution in [3.63, 3.8) is 0 Å². The first kappa shape index (κ1) is 15.4. The molecular weight excluding hydrogens is 304 g/mol. The normalized spacial score (nSPS) is 10.2. The average Bonchev–Trinajstić information content (AvgIpc) is 2.62. The lowest BCUT2D eigenvalue weighted by Crippen LogP contribution is -2.10. The molecule has 2 aromatic carbocycles. The number of aromatic nitrogens is 2. The molecule has 1 amide bonds. The van der Waals surface area contributed by atoms with Gasteiger partial charge in [0, 0.05) is 28.4 Å². The Kier molecular flexibility index (Phi) is 4.29. The van der Waals surface area contributed by atoms with E-state index in [1.165, 1.54) is 6.33 Å². The van der Waals surface area contributed by atoms with Gasteiger partial charge in [-0.1, -0.05) is 24.3 Å². The number of carbonyl (C=O) groups is 2. The number of carbonyl (C=O) groups excluding carboxylic acids is 2. The van der Waals surface area contributed by atoms with Crippen molar-refractivity contribution in [1.82, 2.24) is 9.97 Å². The van der Waals surface area contributed by atoms with Gasteiger partial charge >= 0.3 is 0 Å².